The standard InChI is InChI=1S/C21H25NO2/c1-3-21(23)9-7-18-16-5-4-13-11-19-14(12-22-24-19)10-17(13)15(16)6-8-20(18,21)2/h1,11-12,15-18,23H,4-10H2,2H3/t15-,16+,17-,18-,20-,21-/m0/s1. The summed E-state index contributed by atoms with van der Waals surface area (Å²) in [5, 5.41) is 15.0. The summed E-state index contributed by atoms with van der Waals surface area (Å²) in [4.78, 5) is 0. The Balaban J connectivity index is 1.48. The Hall–Kier alpha value is -1.53. The molecule has 3 fully saturated rings. The van der Waals surface area contributed by atoms with Crippen LogP contribution in [0.25, 0.3) is 6.08 Å². The van der Waals surface area contributed by atoms with Crippen LogP contribution in [0.5, 0.6) is 0 Å². The molecule has 0 bridgehead atoms. The van der Waals surface area contributed by atoms with E-state index in [-0.39, 0.29) is 5.41 Å². The number of rotatable bonds is 0. The summed E-state index contributed by atoms with van der Waals surface area (Å²) in [6, 6.07) is 0. The minimum absolute atomic E-state index is 0.0961. The van der Waals surface area contributed by atoms with Crippen molar-refractivity contribution < 1.29 is 9.63 Å². The predicted octanol–water partition coefficient (Wildman–Crippen LogP) is 3.83. The third kappa shape index (κ3) is 1.70. The Morgan fingerprint density at radius 1 is 1.29 bits per heavy atom. The number of fused-ring (bicyclic) bond motifs is 6. The van der Waals surface area contributed by atoms with Gasteiger partial charge < -0.3 is 9.63 Å². The topological polar surface area (TPSA) is 46.3 Å². The number of nitrogens with zero attached hydrogens (tertiary/aromatic N) is 1. The highest BCUT2D eigenvalue weighted by Gasteiger charge is 2.61. The SMILES string of the molecule is C#C[C@]1(O)CC[C@H]2[C@@H]3CCC4=Cc5oncc5C[C@@H]4[C@H]3CC[C@@]21C. The quantitative estimate of drug-likeness (QED) is 0.738. The molecule has 4 aliphatic rings. The molecule has 3 heteroatoms. The molecule has 0 aliphatic heterocycles. The number of hydrogen-bond donors (Lipinski definition) is 1. The van der Waals surface area contributed by atoms with Crippen molar-refractivity contribution in [2.45, 2.75) is 57.5 Å². The molecule has 1 aromatic heterocycles. The maximum absolute atomic E-state index is 11.0. The van der Waals surface area contributed by atoms with Crippen LogP contribution in [0.4, 0.5) is 0 Å². The molecule has 0 saturated heterocycles. The first-order valence-electron chi connectivity index (χ1n) is 9.40. The van der Waals surface area contributed by atoms with Gasteiger partial charge in [-0.05, 0) is 74.7 Å². The van der Waals surface area contributed by atoms with Crippen LogP contribution in [0.1, 0.15) is 56.8 Å². The number of aliphatic hydroxyl groups is 1. The molecular formula is C21H25NO2. The summed E-state index contributed by atoms with van der Waals surface area (Å²) in [6.45, 7) is 2.26. The fourth-order valence-electron chi connectivity index (χ4n) is 6.69. The van der Waals surface area contributed by atoms with Gasteiger partial charge in [0.05, 0.1) is 6.20 Å². The van der Waals surface area contributed by atoms with Crippen molar-refractivity contribution in [3.05, 3.63) is 23.1 Å². The zero-order valence-electron chi connectivity index (χ0n) is 14.3. The average Bonchev–Trinajstić information content (AvgIpc) is 3.15. The lowest BCUT2D eigenvalue weighted by Crippen LogP contribution is -2.52. The van der Waals surface area contributed by atoms with E-state index in [4.69, 9.17) is 10.9 Å². The van der Waals surface area contributed by atoms with Gasteiger partial charge in [-0.15, -0.1) is 6.42 Å². The highest BCUT2D eigenvalue weighted by atomic mass is 16.5. The van der Waals surface area contributed by atoms with E-state index in [2.05, 4.69) is 24.1 Å². The second-order valence-electron chi connectivity index (χ2n) is 8.72. The highest BCUT2D eigenvalue weighted by molar-refractivity contribution is 5.55. The van der Waals surface area contributed by atoms with E-state index < -0.39 is 5.60 Å². The van der Waals surface area contributed by atoms with Crippen LogP contribution in [0, 0.1) is 41.4 Å². The number of terminal acetylenes is 1. The van der Waals surface area contributed by atoms with E-state index in [1.165, 1.54) is 18.4 Å². The summed E-state index contributed by atoms with van der Waals surface area (Å²) in [6.07, 6.45) is 17.5. The molecule has 1 N–H and O–H groups in total. The number of hydrogen-bond acceptors (Lipinski definition) is 3. The van der Waals surface area contributed by atoms with Gasteiger partial charge in [0.2, 0.25) is 0 Å². The van der Waals surface area contributed by atoms with E-state index >= 15 is 0 Å². The first-order valence-corrected chi connectivity index (χ1v) is 9.40. The number of aromatic nitrogens is 1. The zero-order valence-corrected chi connectivity index (χ0v) is 14.3. The summed E-state index contributed by atoms with van der Waals surface area (Å²) in [7, 11) is 0. The Labute approximate surface area is 143 Å². The predicted molar refractivity (Wildman–Crippen MR) is 91.7 cm³/mol. The monoisotopic (exact) mass is 323 g/mol. The second kappa shape index (κ2) is 4.76. The van der Waals surface area contributed by atoms with Crippen LogP contribution in [-0.4, -0.2) is 15.9 Å². The normalized spacial score (nSPS) is 46.1. The minimum Gasteiger partial charge on any atom is -0.377 e. The molecule has 0 spiro atoms. The van der Waals surface area contributed by atoms with Crippen molar-refractivity contribution in [3.63, 3.8) is 0 Å². The molecule has 1 heterocycles. The lowest BCUT2D eigenvalue weighted by atomic mass is 9.50. The van der Waals surface area contributed by atoms with Gasteiger partial charge in [0.1, 0.15) is 5.60 Å². The van der Waals surface area contributed by atoms with Crippen molar-refractivity contribution in [2.75, 3.05) is 0 Å². The Kier molecular flexibility index (Phi) is 2.93. The molecule has 6 atom stereocenters. The van der Waals surface area contributed by atoms with Crippen LogP contribution >= 0.6 is 0 Å². The van der Waals surface area contributed by atoms with Gasteiger partial charge in [0.25, 0.3) is 0 Å². The van der Waals surface area contributed by atoms with Gasteiger partial charge in [-0.2, -0.15) is 0 Å². The first-order chi connectivity index (χ1) is 11.6. The molecule has 3 saturated carbocycles. The molecule has 0 radical (unpaired) electrons. The summed E-state index contributed by atoms with van der Waals surface area (Å²) >= 11 is 0. The largest absolute Gasteiger partial charge is 0.377 e. The highest BCUT2D eigenvalue weighted by Crippen LogP contribution is 2.64. The van der Waals surface area contributed by atoms with Gasteiger partial charge in [-0.25, -0.2) is 0 Å². The number of allylic oxidation sites excluding steroid dienone is 1. The van der Waals surface area contributed by atoms with Crippen LogP contribution in [0.3, 0.4) is 0 Å². The summed E-state index contributed by atoms with van der Waals surface area (Å²) in [5.41, 5.74) is 1.84. The smallest absolute Gasteiger partial charge is 0.162 e. The molecule has 126 valence electrons. The van der Waals surface area contributed by atoms with Gasteiger partial charge in [0, 0.05) is 11.0 Å². The molecule has 5 rings (SSSR count). The lowest BCUT2D eigenvalue weighted by Gasteiger charge is -2.54. The van der Waals surface area contributed by atoms with Crippen LogP contribution in [0.15, 0.2) is 16.3 Å². The van der Waals surface area contributed by atoms with Crippen molar-refractivity contribution in [2.24, 2.45) is 29.1 Å². The van der Waals surface area contributed by atoms with Crippen LogP contribution < -0.4 is 0 Å². The maximum Gasteiger partial charge on any atom is 0.162 e. The van der Waals surface area contributed by atoms with E-state index in [1.54, 1.807) is 5.57 Å². The van der Waals surface area contributed by atoms with E-state index in [0.29, 0.717) is 17.8 Å². The average molecular weight is 323 g/mol. The molecule has 0 unspecified atom stereocenters. The van der Waals surface area contributed by atoms with Gasteiger partial charge in [0.15, 0.2) is 5.76 Å². The Morgan fingerprint density at radius 2 is 2.17 bits per heavy atom. The summed E-state index contributed by atoms with van der Waals surface area (Å²) < 4.78 is 5.39. The van der Waals surface area contributed by atoms with E-state index in [1.807, 2.05) is 6.20 Å². The van der Waals surface area contributed by atoms with Crippen LogP contribution in [0.2, 0.25) is 0 Å². The van der Waals surface area contributed by atoms with Crippen molar-refractivity contribution >= 4 is 6.08 Å². The van der Waals surface area contributed by atoms with Gasteiger partial charge in [-0.3, -0.25) is 0 Å². The van der Waals surface area contributed by atoms with Crippen molar-refractivity contribution in [1.82, 2.24) is 5.16 Å². The van der Waals surface area contributed by atoms with Gasteiger partial charge in [-0.1, -0.05) is 23.6 Å². The molecule has 4 aliphatic carbocycles. The zero-order chi connectivity index (χ0) is 16.5. The van der Waals surface area contributed by atoms with Crippen LogP contribution in [-0.2, 0) is 6.42 Å². The van der Waals surface area contributed by atoms with E-state index in [0.717, 1.165) is 43.8 Å². The third-order valence-corrected chi connectivity index (χ3v) is 8.07. The molecular weight excluding hydrogens is 298 g/mol. The fraction of sp³-hybridized carbons (Fsp3) is 0.667. The maximum atomic E-state index is 11.0. The molecule has 1 aromatic rings. The van der Waals surface area contributed by atoms with E-state index in [9.17, 15) is 5.11 Å². The molecule has 3 nitrogen and oxygen atoms in total. The Bertz CT molecular complexity index is 756. The lowest BCUT2D eigenvalue weighted by molar-refractivity contribution is -0.0846. The second-order valence-corrected chi connectivity index (χ2v) is 8.72. The molecule has 0 amide bonds. The molecule has 24 heavy (non-hydrogen) atoms. The van der Waals surface area contributed by atoms with Gasteiger partial charge >= 0.3 is 0 Å². The third-order valence-electron chi connectivity index (χ3n) is 8.07. The Morgan fingerprint density at radius 3 is 3.00 bits per heavy atom. The molecule has 0 aromatic carbocycles. The fourth-order valence-corrected chi connectivity index (χ4v) is 6.69. The van der Waals surface area contributed by atoms with Crippen molar-refractivity contribution in [1.29, 1.82) is 0 Å². The summed E-state index contributed by atoms with van der Waals surface area (Å²) in [5.74, 6) is 6.38. The minimum atomic E-state index is -0.896. The van der Waals surface area contributed by atoms with Crippen molar-refractivity contribution in [3.8, 4) is 12.3 Å². The first kappa shape index (κ1) is 14.8.